The molecule has 0 aromatic rings. The lowest BCUT2D eigenvalue weighted by Crippen LogP contribution is -2.67. The van der Waals surface area contributed by atoms with Crippen LogP contribution in [0.15, 0.2) is 0 Å². The van der Waals surface area contributed by atoms with Gasteiger partial charge in [-0.25, -0.2) is 0 Å². The number of hydrogen-bond donors (Lipinski definition) is 7. The van der Waals surface area contributed by atoms with Crippen molar-refractivity contribution in [2.75, 3.05) is 6.61 Å². The van der Waals surface area contributed by atoms with Gasteiger partial charge in [-0.15, -0.1) is 0 Å². The van der Waals surface area contributed by atoms with Crippen LogP contribution in [0.25, 0.3) is 0 Å². The van der Waals surface area contributed by atoms with Gasteiger partial charge in [0.2, 0.25) is 5.91 Å². The molecule has 0 aliphatic carbocycles. The van der Waals surface area contributed by atoms with Crippen molar-refractivity contribution in [1.29, 1.82) is 0 Å². The maximum absolute atomic E-state index is 11.3. The van der Waals surface area contributed by atoms with Crippen molar-refractivity contribution in [2.24, 2.45) is 0 Å². The molecule has 11 nitrogen and oxygen atoms in total. The highest BCUT2D eigenvalue weighted by atomic mass is 16.7. The first-order chi connectivity index (χ1) is 11.7. The van der Waals surface area contributed by atoms with Gasteiger partial charge in [0.05, 0.1) is 12.7 Å². The van der Waals surface area contributed by atoms with Crippen molar-refractivity contribution in [3.05, 3.63) is 0 Å². The predicted octanol–water partition coefficient (Wildman–Crippen LogP) is -4.23. The lowest BCUT2D eigenvalue weighted by molar-refractivity contribution is -0.337. The van der Waals surface area contributed by atoms with E-state index in [0.717, 1.165) is 0 Å². The van der Waals surface area contributed by atoms with Crippen LogP contribution in [-0.4, -0.2) is 105 Å². The summed E-state index contributed by atoms with van der Waals surface area (Å²) in [5.41, 5.74) is 0. The molecule has 2 fully saturated rings. The van der Waals surface area contributed by atoms with E-state index in [0.29, 0.717) is 0 Å². The third-order valence-electron chi connectivity index (χ3n) is 4.34. The van der Waals surface area contributed by atoms with Crippen LogP contribution in [0.1, 0.15) is 13.8 Å². The average Bonchev–Trinajstić information content (AvgIpc) is 2.56. The summed E-state index contributed by atoms with van der Waals surface area (Å²) in [7, 11) is 0. The first-order valence-electron chi connectivity index (χ1n) is 7.92. The third-order valence-corrected chi connectivity index (χ3v) is 4.34. The van der Waals surface area contributed by atoms with E-state index in [4.69, 9.17) is 14.2 Å². The van der Waals surface area contributed by atoms with Crippen molar-refractivity contribution >= 4 is 5.91 Å². The molecule has 2 saturated heterocycles. The fourth-order valence-corrected chi connectivity index (χ4v) is 2.92. The first-order valence-corrected chi connectivity index (χ1v) is 7.92. The van der Waals surface area contributed by atoms with Crippen LogP contribution in [-0.2, 0) is 19.0 Å². The minimum Gasteiger partial charge on any atom is -0.394 e. The Bertz CT molecular complexity index is 465. The smallest absolute Gasteiger partial charge is 0.217 e. The molecule has 7 N–H and O–H groups in total. The lowest BCUT2D eigenvalue weighted by Gasteiger charge is -2.46. The second-order valence-electron chi connectivity index (χ2n) is 6.25. The molecule has 1 amide bonds. The van der Waals surface area contributed by atoms with Crippen molar-refractivity contribution in [1.82, 2.24) is 5.32 Å². The molecule has 2 rings (SSSR count). The van der Waals surface area contributed by atoms with Gasteiger partial charge in [-0.05, 0) is 6.92 Å². The van der Waals surface area contributed by atoms with Crippen LogP contribution in [0.3, 0.4) is 0 Å². The number of carbonyl (C=O) groups excluding carboxylic acids is 1. The van der Waals surface area contributed by atoms with Gasteiger partial charge in [-0.3, -0.25) is 4.79 Å². The van der Waals surface area contributed by atoms with E-state index < -0.39 is 73.9 Å². The van der Waals surface area contributed by atoms with E-state index in [-0.39, 0.29) is 0 Å². The fourth-order valence-electron chi connectivity index (χ4n) is 2.92. The Morgan fingerprint density at radius 3 is 2.24 bits per heavy atom. The zero-order valence-electron chi connectivity index (χ0n) is 13.8. The van der Waals surface area contributed by atoms with Crippen molar-refractivity contribution in [3.8, 4) is 0 Å². The molecule has 0 saturated carbocycles. The molecule has 5 unspecified atom stereocenters. The Balaban J connectivity index is 2.20. The molecule has 0 bridgehead atoms. The van der Waals surface area contributed by atoms with Gasteiger partial charge in [0, 0.05) is 6.92 Å². The van der Waals surface area contributed by atoms with E-state index in [1.807, 2.05) is 0 Å². The summed E-state index contributed by atoms with van der Waals surface area (Å²) in [4.78, 5) is 11.3. The maximum atomic E-state index is 11.3. The standard InChI is InChI=1S/C14H25NO10/c1-4-8(18)10(20)11(21)14(23-4)25-12-7(15-5(2)17)13(22)24-6(3-16)9(12)19/h4,6-14,16,18-22H,3H2,1-2H3,(H,15,17)/t4-,6?,7+,8+,9+,10+,11?,12?,13?,14?/m0/s1. The summed E-state index contributed by atoms with van der Waals surface area (Å²) in [6.45, 7) is 2.01. The Hall–Kier alpha value is -0.890. The van der Waals surface area contributed by atoms with E-state index in [1.165, 1.54) is 13.8 Å². The zero-order valence-corrected chi connectivity index (χ0v) is 13.8. The Morgan fingerprint density at radius 1 is 1.04 bits per heavy atom. The van der Waals surface area contributed by atoms with Gasteiger partial charge >= 0.3 is 0 Å². The summed E-state index contributed by atoms with van der Waals surface area (Å²) >= 11 is 0. The number of rotatable bonds is 4. The highest BCUT2D eigenvalue weighted by Crippen LogP contribution is 2.28. The zero-order chi connectivity index (χ0) is 18.9. The van der Waals surface area contributed by atoms with E-state index in [2.05, 4.69) is 5.32 Å². The molecular weight excluding hydrogens is 342 g/mol. The Kier molecular flexibility index (Phi) is 6.70. The molecule has 2 aliphatic heterocycles. The van der Waals surface area contributed by atoms with Gasteiger partial charge in [-0.1, -0.05) is 0 Å². The highest BCUT2D eigenvalue weighted by molar-refractivity contribution is 5.73. The van der Waals surface area contributed by atoms with Crippen LogP contribution in [0.5, 0.6) is 0 Å². The number of aliphatic hydroxyl groups is 6. The number of amides is 1. The molecule has 146 valence electrons. The summed E-state index contributed by atoms with van der Waals surface area (Å²) in [5, 5.41) is 61.5. The highest BCUT2D eigenvalue weighted by Gasteiger charge is 2.50. The topological polar surface area (TPSA) is 178 Å². The Labute approximate surface area is 143 Å². The molecular formula is C14H25NO10. The van der Waals surface area contributed by atoms with Gasteiger partial charge in [0.15, 0.2) is 12.6 Å². The largest absolute Gasteiger partial charge is 0.394 e. The number of carbonyl (C=O) groups is 1. The number of nitrogens with one attached hydrogen (secondary N) is 1. The molecule has 2 heterocycles. The summed E-state index contributed by atoms with van der Waals surface area (Å²) in [5.74, 6) is -0.537. The maximum Gasteiger partial charge on any atom is 0.217 e. The van der Waals surface area contributed by atoms with E-state index >= 15 is 0 Å². The molecule has 10 atom stereocenters. The lowest BCUT2D eigenvalue weighted by atomic mass is 9.95. The van der Waals surface area contributed by atoms with E-state index in [1.54, 1.807) is 0 Å². The normalized spacial score (nSPS) is 48.2. The number of ether oxygens (including phenoxy) is 3. The molecule has 0 spiro atoms. The van der Waals surface area contributed by atoms with Gasteiger partial charge in [-0.2, -0.15) is 0 Å². The summed E-state index contributed by atoms with van der Waals surface area (Å²) in [6.07, 6.45) is -12.4. The third kappa shape index (κ3) is 4.27. The van der Waals surface area contributed by atoms with Crippen LogP contribution in [0, 0.1) is 0 Å². The predicted molar refractivity (Wildman–Crippen MR) is 78.8 cm³/mol. The minimum atomic E-state index is -1.64. The number of hydrogen-bond acceptors (Lipinski definition) is 10. The second-order valence-corrected chi connectivity index (χ2v) is 6.25. The SMILES string of the molecule is CC(=O)N[C@H]1C(O)OC(CO)[C@@H](O)C1OC1O[C@@H](C)[C@@H](O)[C@@H](O)C1O. The first kappa shape index (κ1) is 20.4. The van der Waals surface area contributed by atoms with Crippen molar-refractivity contribution in [2.45, 2.75) is 75.2 Å². The molecule has 25 heavy (non-hydrogen) atoms. The summed E-state index contributed by atoms with van der Waals surface area (Å²) < 4.78 is 15.8. The summed E-state index contributed by atoms with van der Waals surface area (Å²) in [6, 6.07) is -1.22. The van der Waals surface area contributed by atoms with Crippen LogP contribution in [0.4, 0.5) is 0 Å². The minimum absolute atomic E-state index is 0.537. The average molecular weight is 367 g/mol. The van der Waals surface area contributed by atoms with E-state index in [9.17, 15) is 35.4 Å². The number of aliphatic hydroxyl groups excluding tert-OH is 6. The van der Waals surface area contributed by atoms with Crippen LogP contribution in [0.2, 0.25) is 0 Å². The molecule has 11 heteroatoms. The Morgan fingerprint density at radius 2 is 1.68 bits per heavy atom. The monoisotopic (exact) mass is 367 g/mol. The van der Waals surface area contributed by atoms with Gasteiger partial charge in [0.25, 0.3) is 0 Å². The molecule has 2 aliphatic rings. The molecule has 0 aromatic carbocycles. The van der Waals surface area contributed by atoms with Crippen LogP contribution < -0.4 is 5.32 Å². The van der Waals surface area contributed by atoms with Crippen molar-refractivity contribution < 1.29 is 49.6 Å². The molecule has 0 radical (unpaired) electrons. The van der Waals surface area contributed by atoms with Gasteiger partial charge < -0.3 is 50.2 Å². The van der Waals surface area contributed by atoms with Crippen LogP contribution >= 0.6 is 0 Å². The second kappa shape index (κ2) is 8.20. The molecule has 0 aromatic heterocycles. The fraction of sp³-hybridized carbons (Fsp3) is 0.929. The quantitative estimate of drug-likeness (QED) is 0.257. The van der Waals surface area contributed by atoms with Crippen molar-refractivity contribution in [3.63, 3.8) is 0 Å². The van der Waals surface area contributed by atoms with Gasteiger partial charge in [0.1, 0.15) is 42.7 Å².